The van der Waals surface area contributed by atoms with Crippen molar-refractivity contribution in [1.82, 2.24) is 10.6 Å². The van der Waals surface area contributed by atoms with E-state index in [0.29, 0.717) is 40.8 Å². The molecule has 0 aliphatic carbocycles. The SMILES string of the molecule is COCCNCCNC(=O)c1ccsc1NC(=O)c1ccccc1Cl. The highest BCUT2D eigenvalue weighted by Crippen LogP contribution is 2.25. The van der Waals surface area contributed by atoms with Crippen LogP contribution in [0.25, 0.3) is 0 Å². The Morgan fingerprint density at radius 2 is 1.88 bits per heavy atom. The van der Waals surface area contributed by atoms with Gasteiger partial charge in [0.05, 0.1) is 22.8 Å². The minimum Gasteiger partial charge on any atom is -0.383 e. The molecule has 1 heterocycles. The fraction of sp³-hybridized carbons (Fsp3) is 0.294. The highest BCUT2D eigenvalue weighted by atomic mass is 35.5. The molecule has 0 aliphatic rings. The average molecular weight is 382 g/mol. The number of benzene rings is 1. The predicted octanol–water partition coefficient (Wildman–Crippen LogP) is 2.62. The molecule has 1 aromatic heterocycles. The third-order valence-corrected chi connectivity index (χ3v) is 4.49. The molecule has 2 aromatic rings. The Hall–Kier alpha value is -1.93. The van der Waals surface area contributed by atoms with Gasteiger partial charge in [-0.15, -0.1) is 11.3 Å². The van der Waals surface area contributed by atoms with E-state index in [9.17, 15) is 9.59 Å². The number of amides is 2. The Kier molecular flexibility index (Phi) is 7.87. The van der Waals surface area contributed by atoms with E-state index in [1.165, 1.54) is 11.3 Å². The predicted molar refractivity (Wildman–Crippen MR) is 101 cm³/mol. The van der Waals surface area contributed by atoms with Crippen molar-refractivity contribution >= 4 is 39.8 Å². The summed E-state index contributed by atoms with van der Waals surface area (Å²) in [5.41, 5.74) is 0.800. The van der Waals surface area contributed by atoms with Gasteiger partial charge in [0.25, 0.3) is 11.8 Å². The van der Waals surface area contributed by atoms with Crippen LogP contribution in [0.4, 0.5) is 5.00 Å². The number of methoxy groups -OCH3 is 1. The van der Waals surface area contributed by atoms with E-state index in [0.717, 1.165) is 6.54 Å². The van der Waals surface area contributed by atoms with Gasteiger partial charge in [-0.2, -0.15) is 0 Å². The number of rotatable bonds is 9. The first-order valence-electron chi connectivity index (χ1n) is 7.74. The van der Waals surface area contributed by atoms with Gasteiger partial charge < -0.3 is 20.7 Å². The van der Waals surface area contributed by atoms with Crippen molar-refractivity contribution < 1.29 is 14.3 Å². The second kappa shape index (κ2) is 10.1. The Morgan fingerprint density at radius 3 is 2.64 bits per heavy atom. The number of carbonyl (C=O) groups excluding carboxylic acids is 2. The molecular weight excluding hydrogens is 362 g/mol. The maximum Gasteiger partial charge on any atom is 0.257 e. The highest BCUT2D eigenvalue weighted by molar-refractivity contribution is 7.14. The quantitative estimate of drug-likeness (QED) is 0.583. The summed E-state index contributed by atoms with van der Waals surface area (Å²) in [6, 6.07) is 8.45. The summed E-state index contributed by atoms with van der Waals surface area (Å²) in [5.74, 6) is -0.576. The van der Waals surface area contributed by atoms with Gasteiger partial charge in [-0.1, -0.05) is 23.7 Å². The molecule has 25 heavy (non-hydrogen) atoms. The van der Waals surface area contributed by atoms with Gasteiger partial charge in [0.1, 0.15) is 5.00 Å². The summed E-state index contributed by atoms with van der Waals surface area (Å²) < 4.78 is 4.93. The number of thiophene rings is 1. The molecule has 0 atom stereocenters. The number of hydrogen-bond donors (Lipinski definition) is 3. The molecule has 134 valence electrons. The fourth-order valence-electron chi connectivity index (χ4n) is 2.06. The molecule has 2 rings (SSSR count). The monoisotopic (exact) mass is 381 g/mol. The maximum absolute atomic E-state index is 12.3. The molecule has 0 bridgehead atoms. The summed E-state index contributed by atoms with van der Waals surface area (Å²) >= 11 is 7.32. The van der Waals surface area contributed by atoms with Crippen LogP contribution in [0.15, 0.2) is 35.7 Å². The first-order valence-corrected chi connectivity index (χ1v) is 9.00. The third kappa shape index (κ3) is 5.82. The van der Waals surface area contributed by atoms with Crippen LogP contribution in [-0.2, 0) is 4.74 Å². The van der Waals surface area contributed by atoms with E-state index in [1.54, 1.807) is 42.8 Å². The van der Waals surface area contributed by atoms with Crippen LogP contribution >= 0.6 is 22.9 Å². The lowest BCUT2D eigenvalue weighted by molar-refractivity contribution is 0.0955. The molecule has 1 aromatic carbocycles. The first-order chi connectivity index (χ1) is 12.1. The lowest BCUT2D eigenvalue weighted by Crippen LogP contribution is -2.33. The standard InChI is InChI=1S/C17H20ClN3O3S/c1-24-10-9-19-7-8-20-15(22)13-6-11-25-17(13)21-16(23)12-4-2-3-5-14(12)18/h2-6,11,19H,7-10H2,1H3,(H,20,22)(H,21,23). The molecule has 8 heteroatoms. The molecule has 0 aliphatic heterocycles. The zero-order valence-corrected chi connectivity index (χ0v) is 15.4. The van der Waals surface area contributed by atoms with Crippen molar-refractivity contribution in [2.24, 2.45) is 0 Å². The van der Waals surface area contributed by atoms with E-state index in [2.05, 4.69) is 16.0 Å². The normalized spacial score (nSPS) is 10.5. The Morgan fingerprint density at radius 1 is 1.08 bits per heavy atom. The van der Waals surface area contributed by atoms with Gasteiger partial charge >= 0.3 is 0 Å². The van der Waals surface area contributed by atoms with Gasteiger partial charge in [0.2, 0.25) is 0 Å². The highest BCUT2D eigenvalue weighted by Gasteiger charge is 2.16. The summed E-state index contributed by atoms with van der Waals surface area (Å²) in [6.07, 6.45) is 0. The van der Waals surface area contributed by atoms with Crippen LogP contribution in [-0.4, -0.2) is 45.2 Å². The second-order valence-corrected chi connectivity index (χ2v) is 6.42. The number of nitrogens with one attached hydrogen (secondary N) is 3. The maximum atomic E-state index is 12.3. The zero-order chi connectivity index (χ0) is 18.1. The van der Waals surface area contributed by atoms with E-state index in [4.69, 9.17) is 16.3 Å². The van der Waals surface area contributed by atoms with Gasteiger partial charge in [-0.05, 0) is 23.6 Å². The van der Waals surface area contributed by atoms with Crippen molar-refractivity contribution in [1.29, 1.82) is 0 Å². The van der Waals surface area contributed by atoms with E-state index >= 15 is 0 Å². The fourth-order valence-corrected chi connectivity index (χ4v) is 3.06. The first kappa shape index (κ1) is 19.4. The van der Waals surface area contributed by atoms with Crippen molar-refractivity contribution in [3.63, 3.8) is 0 Å². The number of anilines is 1. The molecule has 3 N–H and O–H groups in total. The molecule has 0 spiro atoms. The van der Waals surface area contributed by atoms with Gasteiger partial charge in [0, 0.05) is 26.7 Å². The van der Waals surface area contributed by atoms with Crippen LogP contribution in [0.1, 0.15) is 20.7 Å². The Balaban J connectivity index is 1.90. The van der Waals surface area contributed by atoms with Gasteiger partial charge in [0.15, 0.2) is 0 Å². The van der Waals surface area contributed by atoms with Crippen molar-refractivity contribution in [2.75, 3.05) is 38.7 Å². The van der Waals surface area contributed by atoms with Crippen LogP contribution in [0.3, 0.4) is 0 Å². The average Bonchev–Trinajstić information content (AvgIpc) is 3.06. The van der Waals surface area contributed by atoms with Crippen molar-refractivity contribution in [2.45, 2.75) is 0 Å². The minimum atomic E-state index is -0.344. The van der Waals surface area contributed by atoms with Crippen LogP contribution in [0.5, 0.6) is 0 Å². The van der Waals surface area contributed by atoms with Gasteiger partial charge in [-0.25, -0.2) is 0 Å². The van der Waals surface area contributed by atoms with E-state index in [-0.39, 0.29) is 11.8 Å². The van der Waals surface area contributed by atoms with E-state index < -0.39 is 0 Å². The summed E-state index contributed by atoms with van der Waals surface area (Å²) in [7, 11) is 1.64. The largest absolute Gasteiger partial charge is 0.383 e. The lowest BCUT2D eigenvalue weighted by atomic mass is 10.2. The zero-order valence-electron chi connectivity index (χ0n) is 13.8. The molecular formula is C17H20ClN3O3S. The van der Waals surface area contributed by atoms with E-state index in [1.807, 2.05) is 0 Å². The lowest BCUT2D eigenvalue weighted by Gasteiger charge is -2.09. The molecule has 0 radical (unpaired) electrons. The van der Waals surface area contributed by atoms with Crippen LogP contribution in [0, 0.1) is 0 Å². The topological polar surface area (TPSA) is 79.5 Å². The summed E-state index contributed by atoms with van der Waals surface area (Å²) in [5, 5.41) is 11.3. The third-order valence-electron chi connectivity index (χ3n) is 3.33. The molecule has 0 saturated carbocycles. The molecule has 0 saturated heterocycles. The Labute approximate surface area is 155 Å². The number of ether oxygens (including phenoxy) is 1. The molecule has 6 nitrogen and oxygen atoms in total. The van der Waals surface area contributed by atoms with Crippen LogP contribution in [0.2, 0.25) is 5.02 Å². The molecule has 0 fully saturated rings. The summed E-state index contributed by atoms with van der Waals surface area (Å²) in [6.45, 7) is 2.47. The van der Waals surface area contributed by atoms with Gasteiger partial charge in [-0.3, -0.25) is 9.59 Å². The molecule has 2 amide bonds. The molecule has 0 unspecified atom stereocenters. The van der Waals surface area contributed by atoms with Crippen molar-refractivity contribution in [3.8, 4) is 0 Å². The Bertz CT molecular complexity index is 721. The number of halogens is 1. The number of hydrogen-bond acceptors (Lipinski definition) is 5. The van der Waals surface area contributed by atoms with Crippen LogP contribution < -0.4 is 16.0 Å². The summed E-state index contributed by atoms with van der Waals surface area (Å²) in [4.78, 5) is 24.6. The minimum absolute atomic E-state index is 0.232. The second-order valence-electron chi connectivity index (χ2n) is 5.10. The van der Waals surface area contributed by atoms with Crippen molar-refractivity contribution in [3.05, 3.63) is 51.9 Å². The smallest absolute Gasteiger partial charge is 0.257 e. The number of carbonyl (C=O) groups is 2.